The molecule has 0 aromatic rings. The maximum Gasteiger partial charge on any atom is 0.222 e. The molecule has 2 N–H and O–H groups in total. The molecule has 0 aromatic heterocycles. The van der Waals surface area contributed by atoms with Crippen LogP contribution in [0.4, 0.5) is 0 Å². The highest BCUT2D eigenvalue weighted by Gasteiger charge is 2.22. The van der Waals surface area contributed by atoms with Gasteiger partial charge in [-0.15, -0.1) is 0 Å². The van der Waals surface area contributed by atoms with Gasteiger partial charge in [-0.2, -0.15) is 0 Å². The molecule has 3 nitrogen and oxygen atoms in total. The van der Waals surface area contributed by atoms with Gasteiger partial charge in [-0.3, -0.25) is 4.79 Å². The molecule has 0 radical (unpaired) electrons. The Morgan fingerprint density at radius 3 is 2.67 bits per heavy atom. The second kappa shape index (κ2) is 7.07. The Morgan fingerprint density at radius 1 is 1.33 bits per heavy atom. The molecule has 0 unspecified atom stereocenters. The van der Waals surface area contributed by atoms with E-state index in [0.29, 0.717) is 10.9 Å². The van der Waals surface area contributed by atoms with Crippen LogP contribution in [-0.4, -0.2) is 28.9 Å². The highest BCUT2D eigenvalue weighted by atomic mass is 32.1. The van der Waals surface area contributed by atoms with Crippen molar-refractivity contribution < 1.29 is 4.79 Å². The normalized spacial score (nSPS) is 18.3. The van der Waals surface area contributed by atoms with Gasteiger partial charge in [-0.05, 0) is 25.7 Å². The molecule has 1 heterocycles. The van der Waals surface area contributed by atoms with E-state index in [1.54, 1.807) is 0 Å². The zero-order chi connectivity index (χ0) is 13.6. The number of carbonyl (C=O) groups is 1. The fourth-order valence-electron chi connectivity index (χ4n) is 2.29. The zero-order valence-corrected chi connectivity index (χ0v) is 12.5. The van der Waals surface area contributed by atoms with E-state index in [4.69, 9.17) is 18.0 Å². The first kappa shape index (κ1) is 15.4. The second-order valence-electron chi connectivity index (χ2n) is 5.90. The topological polar surface area (TPSA) is 46.3 Å². The summed E-state index contributed by atoms with van der Waals surface area (Å²) in [5, 5.41) is 0. The Bertz CT molecular complexity index is 302. The van der Waals surface area contributed by atoms with Gasteiger partial charge in [0.2, 0.25) is 5.91 Å². The van der Waals surface area contributed by atoms with Crippen molar-refractivity contribution in [2.24, 2.45) is 11.1 Å². The number of rotatable bonds is 5. The maximum atomic E-state index is 11.9. The van der Waals surface area contributed by atoms with E-state index in [9.17, 15) is 4.79 Å². The molecule has 0 bridgehead atoms. The Kier molecular flexibility index (Phi) is 6.06. The number of nitrogens with two attached hydrogens (primary N) is 1. The molecule has 0 aliphatic carbocycles. The Labute approximate surface area is 116 Å². The Balaban J connectivity index is 2.36. The standard InChI is InChI=1S/C14H26N2OS/c1-14(2,13(15)18)9-7-11-16-10-6-4-3-5-8-12(16)17/h3-11H2,1-2H3,(H2,15,18). The molecule has 0 spiro atoms. The van der Waals surface area contributed by atoms with E-state index >= 15 is 0 Å². The van der Waals surface area contributed by atoms with Crippen molar-refractivity contribution in [3.8, 4) is 0 Å². The Morgan fingerprint density at radius 2 is 2.00 bits per heavy atom. The summed E-state index contributed by atoms with van der Waals surface area (Å²) in [6.07, 6.45) is 7.30. The van der Waals surface area contributed by atoms with E-state index < -0.39 is 0 Å². The van der Waals surface area contributed by atoms with E-state index in [1.165, 1.54) is 12.8 Å². The monoisotopic (exact) mass is 270 g/mol. The number of amides is 1. The van der Waals surface area contributed by atoms with Crippen LogP contribution in [0.1, 0.15) is 58.8 Å². The van der Waals surface area contributed by atoms with E-state index in [2.05, 4.69) is 13.8 Å². The lowest BCUT2D eigenvalue weighted by Crippen LogP contribution is -2.35. The van der Waals surface area contributed by atoms with Crippen molar-refractivity contribution in [2.45, 2.75) is 58.8 Å². The van der Waals surface area contributed by atoms with Gasteiger partial charge in [0.15, 0.2) is 0 Å². The molecule has 104 valence electrons. The minimum Gasteiger partial charge on any atom is -0.393 e. The van der Waals surface area contributed by atoms with E-state index in [0.717, 1.165) is 45.2 Å². The fourth-order valence-corrected chi connectivity index (χ4v) is 2.39. The van der Waals surface area contributed by atoms with Gasteiger partial charge in [0.1, 0.15) is 0 Å². The highest BCUT2D eigenvalue weighted by molar-refractivity contribution is 7.80. The van der Waals surface area contributed by atoms with Crippen molar-refractivity contribution in [1.82, 2.24) is 4.90 Å². The summed E-state index contributed by atoms with van der Waals surface area (Å²) in [4.78, 5) is 14.5. The highest BCUT2D eigenvalue weighted by Crippen LogP contribution is 2.23. The van der Waals surface area contributed by atoms with Crippen LogP contribution in [0.2, 0.25) is 0 Å². The molecule has 18 heavy (non-hydrogen) atoms. The largest absolute Gasteiger partial charge is 0.393 e. The first-order valence-electron chi connectivity index (χ1n) is 7.01. The third kappa shape index (κ3) is 4.92. The maximum absolute atomic E-state index is 11.9. The number of likely N-dealkylation sites (tertiary alicyclic amines) is 1. The number of thiocarbonyl (C=S) groups is 1. The minimum absolute atomic E-state index is 0.0961. The summed E-state index contributed by atoms with van der Waals surface area (Å²) >= 11 is 5.06. The number of hydrogen-bond donors (Lipinski definition) is 1. The average Bonchev–Trinajstić information content (AvgIpc) is 2.27. The molecule has 1 rings (SSSR count). The first-order valence-corrected chi connectivity index (χ1v) is 7.42. The molecular formula is C14H26N2OS. The summed E-state index contributed by atoms with van der Waals surface area (Å²) in [6.45, 7) is 5.92. The van der Waals surface area contributed by atoms with Gasteiger partial charge in [0, 0.05) is 24.9 Å². The summed E-state index contributed by atoms with van der Waals surface area (Å²) < 4.78 is 0. The predicted molar refractivity (Wildman–Crippen MR) is 79.5 cm³/mol. The van der Waals surface area contributed by atoms with Crippen LogP contribution in [0.3, 0.4) is 0 Å². The van der Waals surface area contributed by atoms with Crippen molar-refractivity contribution in [3.63, 3.8) is 0 Å². The zero-order valence-electron chi connectivity index (χ0n) is 11.7. The van der Waals surface area contributed by atoms with Gasteiger partial charge in [0.25, 0.3) is 0 Å². The molecule has 0 saturated carbocycles. The van der Waals surface area contributed by atoms with Crippen LogP contribution in [0.5, 0.6) is 0 Å². The lowest BCUT2D eigenvalue weighted by molar-refractivity contribution is -0.131. The summed E-state index contributed by atoms with van der Waals surface area (Å²) in [7, 11) is 0. The summed E-state index contributed by atoms with van der Waals surface area (Å²) in [5.41, 5.74) is 5.62. The van der Waals surface area contributed by atoms with E-state index in [1.807, 2.05) is 4.90 Å². The molecule has 1 amide bonds. The number of nitrogens with zero attached hydrogens (tertiary/aromatic N) is 1. The quantitative estimate of drug-likeness (QED) is 0.781. The number of hydrogen-bond acceptors (Lipinski definition) is 2. The molecule has 1 fully saturated rings. The minimum atomic E-state index is -0.0961. The summed E-state index contributed by atoms with van der Waals surface area (Å²) in [5.74, 6) is 0.322. The van der Waals surface area contributed by atoms with Crippen molar-refractivity contribution in [2.75, 3.05) is 13.1 Å². The molecule has 0 atom stereocenters. The van der Waals surface area contributed by atoms with E-state index in [-0.39, 0.29) is 5.41 Å². The SMILES string of the molecule is CC(C)(CCCN1CCCCCCC1=O)C(N)=S. The van der Waals surface area contributed by atoms with Crippen LogP contribution in [-0.2, 0) is 4.79 Å². The van der Waals surface area contributed by atoms with Gasteiger partial charge in [0.05, 0.1) is 4.99 Å². The lowest BCUT2D eigenvalue weighted by atomic mass is 9.88. The lowest BCUT2D eigenvalue weighted by Gasteiger charge is -2.28. The molecule has 0 aromatic carbocycles. The van der Waals surface area contributed by atoms with Crippen LogP contribution in [0, 0.1) is 5.41 Å². The predicted octanol–water partition coefficient (Wildman–Crippen LogP) is 2.87. The van der Waals surface area contributed by atoms with Gasteiger partial charge in [-0.25, -0.2) is 0 Å². The average molecular weight is 270 g/mol. The second-order valence-corrected chi connectivity index (χ2v) is 6.34. The molecule has 4 heteroatoms. The fraction of sp³-hybridized carbons (Fsp3) is 0.857. The van der Waals surface area contributed by atoms with Crippen molar-refractivity contribution in [3.05, 3.63) is 0 Å². The third-order valence-electron chi connectivity index (χ3n) is 3.82. The van der Waals surface area contributed by atoms with Crippen LogP contribution in [0.25, 0.3) is 0 Å². The summed E-state index contributed by atoms with van der Waals surface area (Å²) in [6, 6.07) is 0. The smallest absolute Gasteiger partial charge is 0.222 e. The van der Waals surface area contributed by atoms with Crippen molar-refractivity contribution in [1.29, 1.82) is 0 Å². The molecule has 1 saturated heterocycles. The van der Waals surface area contributed by atoms with Gasteiger partial charge >= 0.3 is 0 Å². The van der Waals surface area contributed by atoms with Gasteiger partial charge < -0.3 is 10.6 Å². The first-order chi connectivity index (χ1) is 8.43. The van der Waals surface area contributed by atoms with Crippen LogP contribution < -0.4 is 5.73 Å². The number of carbonyl (C=O) groups excluding carboxylic acids is 1. The van der Waals surface area contributed by atoms with Crippen LogP contribution in [0.15, 0.2) is 0 Å². The Hall–Kier alpha value is -0.640. The molecule has 1 aliphatic rings. The van der Waals surface area contributed by atoms with Crippen molar-refractivity contribution >= 4 is 23.1 Å². The molecular weight excluding hydrogens is 244 g/mol. The molecule has 1 aliphatic heterocycles. The van der Waals surface area contributed by atoms with Gasteiger partial charge in [-0.1, -0.05) is 38.9 Å². The third-order valence-corrected chi connectivity index (χ3v) is 4.37. The van der Waals surface area contributed by atoms with Crippen LogP contribution >= 0.6 is 12.2 Å².